The van der Waals surface area contributed by atoms with Crippen LogP contribution in [0, 0.1) is 5.82 Å². The van der Waals surface area contributed by atoms with Crippen LogP contribution in [0.1, 0.15) is 24.5 Å². The van der Waals surface area contributed by atoms with Gasteiger partial charge in [-0.1, -0.05) is 12.1 Å². The first-order valence-electron chi connectivity index (χ1n) is 10.9. The molecule has 2 aromatic carbocycles. The number of guanidine groups is 1. The third kappa shape index (κ3) is 3.52. The predicted molar refractivity (Wildman–Crippen MR) is 125 cm³/mol. The SMILES string of the molecule is COc1ccc(CC2(C)CC3(N=C(N)N(C)C3O)c3cc(-c4cncnc4)ccc3O2)cc1F. The molecule has 0 fully saturated rings. The summed E-state index contributed by atoms with van der Waals surface area (Å²) >= 11 is 0. The van der Waals surface area contributed by atoms with Crippen molar-refractivity contribution < 1.29 is 19.0 Å². The van der Waals surface area contributed by atoms with Crippen molar-refractivity contribution in [2.24, 2.45) is 10.7 Å². The summed E-state index contributed by atoms with van der Waals surface area (Å²) in [4.78, 5) is 14.5. The largest absolute Gasteiger partial charge is 0.494 e. The Morgan fingerprint density at radius 2 is 1.97 bits per heavy atom. The second-order valence-electron chi connectivity index (χ2n) is 9.09. The Labute approximate surface area is 196 Å². The van der Waals surface area contributed by atoms with Crippen LogP contribution in [-0.2, 0) is 12.0 Å². The maximum absolute atomic E-state index is 14.4. The van der Waals surface area contributed by atoms with Crippen molar-refractivity contribution in [3.05, 3.63) is 72.1 Å². The van der Waals surface area contributed by atoms with Gasteiger partial charge in [-0.15, -0.1) is 0 Å². The number of aliphatic hydroxyl groups is 1. The number of benzene rings is 2. The average Bonchev–Trinajstić information content (AvgIpc) is 3.03. The molecule has 3 aromatic rings. The number of hydrogen-bond donors (Lipinski definition) is 2. The van der Waals surface area contributed by atoms with Crippen molar-refractivity contribution in [2.45, 2.75) is 37.1 Å². The van der Waals surface area contributed by atoms with Crippen LogP contribution in [0.4, 0.5) is 4.39 Å². The number of methoxy groups -OCH3 is 1. The maximum atomic E-state index is 14.4. The Morgan fingerprint density at radius 3 is 2.62 bits per heavy atom. The van der Waals surface area contributed by atoms with Crippen molar-refractivity contribution in [2.75, 3.05) is 14.2 Å². The Bertz CT molecular complexity index is 1270. The number of aromatic nitrogens is 2. The maximum Gasteiger partial charge on any atom is 0.194 e. The van der Waals surface area contributed by atoms with Gasteiger partial charge in [0.25, 0.3) is 0 Å². The molecule has 8 nitrogen and oxygen atoms in total. The highest BCUT2D eigenvalue weighted by Crippen LogP contribution is 2.52. The zero-order valence-electron chi connectivity index (χ0n) is 19.2. The molecule has 3 atom stereocenters. The first kappa shape index (κ1) is 22.1. The van der Waals surface area contributed by atoms with Crippen LogP contribution in [0.3, 0.4) is 0 Å². The molecule has 2 aliphatic heterocycles. The summed E-state index contributed by atoms with van der Waals surface area (Å²) in [6.45, 7) is 1.94. The first-order chi connectivity index (χ1) is 16.2. The highest BCUT2D eigenvalue weighted by Gasteiger charge is 2.56. The van der Waals surface area contributed by atoms with Crippen LogP contribution in [0.25, 0.3) is 11.1 Å². The van der Waals surface area contributed by atoms with E-state index in [1.807, 2.05) is 31.2 Å². The van der Waals surface area contributed by atoms with Crippen molar-refractivity contribution in [3.63, 3.8) is 0 Å². The minimum Gasteiger partial charge on any atom is -0.494 e. The van der Waals surface area contributed by atoms with E-state index in [4.69, 9.17) is 20.2 Å². The van der Waals surface area contributed by atoms with Crippen LogP contribution >= 0.6 is 0 Å². The van der Waals surface area contributed by atoms with E-state index in [0.717, 1.165) is 22.3 Å². The van der Waals surface area contributed by atoms with Gasteiger partial charge in [-0.2, -0.15) is 0 Å². The van der Waals surface area contributed by atoms with Gasteiger partial charge >= 0.3 is 0 Å². The topological polar surface area (TPSA) is 106 Å². The smallest absolute Gasteiger partial charge is 0.194 e. The highest BCUT2D eigenvalue weighted by atomic mass is 19.1. The second-order valence-corrected chi connectivity index (χ2v) is 9.09. The Morgan fingerprint density at radius 1 is 1.21 bits per heavy atom. The van der Waals surface area contributed by atoms with Gasteiger partial charge < -0.3 is 25.2 Å². The standard InChI is InChI=1S/C25H26FN5O3/c1-24(10-15-4-6-21(33-3)19(26)8-15)13-25(22(32)31(2)23(27)30-25)18-9-16(5-7-20(18)34-24)17-11-28-14-29-12-17/h4-9,11-12,14,22,32H,10,13H2,1-3H3,(H2,27,30). The summed E-state index contributed by atoms with van der Waals surface area (Å²) in [5.74, 6) is 0.580. The minimum absolute atomic E-state index is 0.183. The Hall–Kier alpha value is -3.72. The number of ether oxygens (including phenoxy) is 2. The predicted octanol–water partition coefficient (Wildman–Crippen LogP) is 2.85. The summed E-state index contributed by atoms with van der Waals surface area (Å²) in [6.07, 6.45) is 4.66. The van der Waals surface area contributed by atoms with E-state index in [0.29, 0.717) is 18.6 Å². The van der Waals surface area contributed by atoms with E-state index in [1.165, 1.54) is 19.5 Å². The quantitative estimate of drug-likeness (QED) is 0.613. The van der Waals surface area contributed by atoms with Crippen LogP contribution in [0.5, 0.6) is 11.5 Å². The van der Waals surface area contributed by atoms with Gasteiger partial charge in [0.05, 0.1) is 7.11 Å². The number of aliphatic imine (C=N–C) groups is 1. The number of nitrogens with zero attached hydrogens (tertiary/aromatic N) is 4. The van der Waals surface area contributed by atoms with E-state index >= 15 is 0 Å². The van der Waals surface area contributed by atoms with E-state index in [1.54, 1.807) is 30.4 Å². The van der Waals surface area contributed by atoms with Gasteiger partial charge in [0.2, 0.25) is 0 Å². The van der Waals surface area contributed by atoms with E-state index in [-0.39, 0.29) is 11.7 Å². The van der Waals surface area contributed by atoms with E-state index in [2.05, 4.69) is 9.97 Å². The van der Waals surface area contributed by atoms with Gasteiger partial charge in [-0.3, -0.25) is 0 Å². The van der Waals surface area contributed by atoms with Gasteiger partial charge in [0.1, 0.15) is 23.2 Å². The number of hydrogen-bond acceptors (Lipinski definition) is 8. The number of likely N-dealkylation sites (N-methyl/N-ethyl adjacent to an activating group) is 1. The summed E-state index contributed by atoms with van der Waals surface area (Å²) in [7, 11) is 3.14. The number of halogens is 1. The van der Waals surface area contributed by atoms with Gasteiger partial charge in [0, 0.05) is 43.4 Å². The minimum atomic E-state index is -1.06. The molecule has 1 spiro atoms. The molecule has 2 aliphatic rings. The molecule has 0 amide bonds. The molecule has 0 radical (unpaired) electrons. The molecule has 3 unspecified atom stereocenters. The number of nitrogens with two attached hydrogens (primary N) is 1. The normalized spacial score (nSPS) is 25.6. The zero-order chi connectivity index (χ0) is 24.1. The molecular weight excluding hydrogens is 437 g/mol. The lowest BCUT2D eigenvalue weighted by molar-refractivity contribution is -0.0479. The molecule has 9 heteroatoms. The third-order valence-electron chi connectivity index (χ3n) is 6.60. The lowest BCUT2D eigenvalue weighted by Crippen LogP contribution is -2.53. The van der Waals surface area contributed by atoms with Crippen molar-refractivity contribution in [3.8, 4) is 22.6 Å². The molecule has 1 aromatic heterocycles. The molecule has 176 valence electrons. The molecule has 0 saturated heterocycles. The second kappa shape index (κ2) is 7.95. The van der Waals surface area contributed by atoms with E-state index < -0.39 is 23.2 Å². The monoisotopic (exact) mass is 463 g/mol. The van der Waals surface area contributed by atoms with Crippen LogP contribution in [0.2, 0.25) is 0 Å². The lowest BCUT2D eigenvalue weighted by Gasteiger charge is -2.46. The van der Waals surface area contributed by atoms with Crippen molar-refractivity contribution in [1.82, 2.24) is 14.9 Å². The summed E-state index contributed by atoms with van der Waals surface area (Å²) in [5, 5.41) is 11.3. The van der Waals surface area contributed by atoms with Crippen molar-refractivity contribution in [1.29, 1.82) is 0 Å². The molecule has 5 rings (SSSR count). The Kier molecular flexibility index (Phi) is 5.16. The molecule has 0 bridgehead atoms. The van der Waals surface area contributed by atoms with Crippen LogP contribution in [-0.4, -0.2) is 51.9 Å². The summed E-state index contributed by atoms with van der Waals surface area (Å²) in [6, 6.07) is 10.6. The average molecular weight is 464 g/mol. The van der Waals surface area contributed by atoms with Crippen molar-refractivity contribution >= 4 is 5.96 Å². The van der Waals surface area contributed by atoms with Gasteiger partial charge in [-0.25, -0.2) is 19.4 Å². The molecular formula is C25H26FN5O3. The third-order valence-corrected chi connectivity index (χ3v) is 6.60. The molecule has 34 heavy (non-hydrogen) atoms. The number of aliphatic hydroxyl groups excluding tert-OH is 1. The number of fused-ring (bicyclic) bond motifs is 2. The lowest BCUT2D eigenvalue weighted by atomic mass is 9.74. The summed E-state index contributed by atoms with van der Waals surface area (Å²) < 4.78 is 25.9. The fraction of sp³-hybridized carbons (Fsp3) is 0.320. The first-order valence-corrected chi connectivity index (χ1v) is 10.9. The summed E-state index contributed by atoms with van der Waals surface area (Å²) in [5.41, 5.74) is 7.50. The van der Waals surface area contributed by atoms with Crippen LogP contribution < -0.4 is 15.2 Å². The fourth-order valence-electron chi connectivity index (χ4n) is 5.02. The molecule has 0 aliphatic carbocycles. The molecule has 3 heterocycles. The van der Waals surface area contributed by atoms with Crippen LogP contribution in [0.15, 0.2) is 60.1 Å². The highest BCUT2D eigenvalue weighted by molar-refractivity contribution is 5.81. The molecule has 3 N–H and O–H groups in total. The van der Waals surface area contributed by atoms with E-state index in [9.17, 15) is 9.50 Å². The van der Waals surface area contributed by atoms with Gasteiger partial charge in [-0.05, 0) is 42.3 Å². The number of rotatable bonds is 4. The zero-order valence-corrected chi connectivity index (χ0v) is 19.2. The molecule has 0 saturated carbocycles. The van der Waals surface area contributed by atoms with Gasteiger partial charge in [0.15, 0.2) is 23.8 Å². The fourth-order valence-corrected chi connectivity index (χ4v) is 5.02. The Balaban J connectivity index is 1.60.